The molecule has 0 saturated heterocycles. The van der Waals surface area contributed by atoms with Crippen molar-refractivity contribution in [2.24, 2.45) is 5.92 Å². The predicted octanol–water partition coefficient (Wildman–Crippen LogP) is 2.96. The molecule has 0 unspecified atom stereocenters. The van der Waals surface area contributed by atoms with Gasteiger partial charge in [0.25, 0.3) is 0 Å². The molecule has 114 valence electrons. The maximum Gasteiger partial charge on any atom is 0.150 e. The molecule has 1 N–H and O–H groups in total. The molecule has 0 spiro atoms. The van der Waals surface area contributed by atoms with E-state index in [9.17, 15) is 8.42 Å². The van der Waals surface area contributed by atoms with Gasteiger partial charge in [-0.2, -0.15) is 0 Å². The zero-order valence-corrected chi connectivity index (χ0v) is 14.2. The summed E-state index contributed by atoms with van der Waals surface area (Å²) in [5.74, 6) is 1.75. The molecule has 0 bridgehead atoms. The van der Waals surface area contributed by atoms with Crippen molar-refractivity contribution in [2.75, 3.05) is 23.8 Å². The third-order valence-corrected chi connectivity index (χ3v) is 5.84. The summed E-state index contributed by atoms with van der Waals surface area (Å²) < 4.78 is 22.9. The van der Waals surface area contributed by atoms with Crippen LogP contribution in [0, 0.1) is 5.92 Å². The van der Waals surface area contributed by atoms with E-state index in [1.54, 1.807) is 18.7 Å². The first kappa shape index (κ1) is 17.5. The van der Waals surface area contributed by atoms with E-state index >= 15 is 0 Å². The van der Waals surface area contributed by atoms with E-state index in [2.05, 4.69) is 31.3 Å². The summed E-state index contributed by atoms with van der Waals surface area (Å²) >= 11 is 1.61. The topological polar surface area (TPSA) is 46.2 Å². The van der Waals surface area contributed by atoms with Crippen molar-refractivity contribution in [1.82, 2.24) is 5.32 Å². The lowest BCUT2D eigenvalue weighted by atomic mass is 10.2. The Bertz CT molecular complexity index is 498. The Hall–Kier alpha value is -0.520. The quantitative estimate of drug-likeness (QED) is 0.712. The van der Waals surface area contributed by atoms with Crippen LogP contribution in [0.5, 0.6) is 0 Å². The molecular formula is C15H25NO2S2. The molecule has 20 heavy (non-hydrogen) atoms. The van der Waals surface area contributed by atoms with Crippen LogP contribution in [0.2, 0.25) is 0 Å². The van der Waals surface area contributed by atoms with Gasteiger partial charge in [0.1, 0.15) is 0 Å². The second-order valence-corrected chi connectivity index (χ2v) is 8.90. The lowest BCUT2D eigenvalue weighted by Gasteiger charge is -2.09. The van der Waals surface area contributed by atoms with E-state index in [-0.39, 0.29) is 11.5 Å². The van der Waals surface area contributed by atoms with Crippen molar-refractivity contribution in [3.63, 3.8) is 0 Å². The van der Waals surface area contributed by atoms with Gasteiger partial charge in [-0.25, -0.2) is 8.42 Å². The zero-order chi connectivity index (χ0) is 15.0. The third-order valence-electron chi connectivity index (χ3n) is 2.88. The van der Waals surface area contributed by atoms with Crippen molar-refractivity contribution < 1.29 is 8.42 Å². The third kappa shape index (κ3) is 7.31. The number of thioether (sulfide) groups is 1. The average molecular weight is 316 g/mol. The normalized spacial score (nSPS) is 12.0. The molecule has 5 heteroatoms. The Morgan fingerprint density at radius 1 is 1.30 bits per heavy atom. The van der Waals surface area contributed by atoms with E-state index in [4.69, 9.17) is 0 Å². The summed E-state index contributed by atoms with van der Waals surface area (Å²) in [6, 6.07) is 8.30. The fourth-order valence-corrected chi connectivity index (χ4v) is 3.96. The van der Waals surface area contributed by atoms with E-state index in [1.807, 2.05) is 12.1 Å². The van der Waals surface area contributed by atoms with Crippen molar-refractivity contribution >= 4 is 21.6 Å². The fourth-order valence-electron chi connectivity index (χ4n) is 1.68. The van der Waals surface area contributed by atoms with Gasteiger partial charge in [0.2, 0.25) is 0 Å². The van der Waals surface area contributed by atoms with Gasteiger partial charge >= 0.3 is 0 Å². The Kier molecular flexibility index (Phi) is 7.62. The van der Waals surface area contributed by atoms with Crippen molar-refractivity contribution in [3.05, 3.63) is 29.8 Å². The Morgan fingerprint density at radius 2 is 2.05 bits per heavy atom. The highest BCUT2D eigenvalue weighted by molar-refractivity contribution is 8.00. The molecule has 0 amide bonds. The van der Waals surface area contributed by atoms with E-state index in [0.29, 0.717) is 11.7 Å². The molecule has 0 heterocycles. The standard InChI is InChI=1S/C15H25NO2S2/c1-4-20(17,18)9-8-19-15-7-5-6-14(10-15)12-16-11-13(2)3/h5-7,10,13,16H,4,8-9,11-12H2,1-3H3. The first-order valence-corrected chi connectivity index (χ1v) is 9.86. The summed E-state index contributed by atoms with van der Waals surface area (Å²) in [5, 5.41) is 3.41. The molecule has 0 radical (unpaired) electrons. The minimum absolute atomic E-state index is 0.229. The lowest BCUT2D eigenvalue weighted by Crippen LogP contribution is -2.18. The predicted molar refractivity (Wildman–Crippen MR) is 88.0 cm³/mol. The molecule has 0 aliphatic rings. The van der Waals surface area contributed by atoms with Gasteiger partial charge in [-0.1, -0.05) is 32.9 Å². The average Bonchev–Trinajstić information content (AvgIpc) is 2.39. The maximum atomic E-state index is 11.4. The second kappa shape index (κ2) is 8.70. The summed E-state index contributed by atoms with van der Waals surface area (Å²) in [4.78, 5) is 1.14. The summed E-state index contributed by atoms with van der Waals surface area (Å²) in [6.45, 7) is 7.94. The molecule has 1 aromatic carbocycles. The minimum Gasteiger partial charge on any atom is -0.312 e. The SMILES string of the molecule is CCS(=O)(=O)CCSc1cccc(CNCC(C)C)c1. The van der Waals surface area contributed by atoms with Gasteiger partial charge in [-0.15, -0.1) is 11.8 Å². The molecule has 3 nitrogen and oxygen atoms in total. The number of benzene rings is 1. The fraction of sp³-hybridized carbons (Fsp3) is 0.600. The van der Waals surface area contributed by atoms with Gasteiger partial charge in [-0.05, 0) is 30.2 Å². The Morgan fingerprint density at radius 3 is 2.70 bits per heavy atom. The molecule has 1 aromatic rings. The van der Waals surface area contributed by atoms with Gasteiger partial charge in [0.05, 0.1) is 5.75 Å². The van der Waals surface area contributed by atoms with Crippen LogP contribution < -0.4 is 5.32 Å². The molecule has 1 rings (SSSR count). The molecule has 0 atom stereocenters. The summed E-state index contributed by atoms with van der Waals surface area (Å²) in [6.07, 6.45) is 0. The highest BCUT2D eigenvalue weighted by atomic mass is 32.2. The first-order chi connectivity index (χ1) is 9.43. The van der Waals surface area contributed by atoms with Gasteiger partial charge in [0, 0.05) is 22.9 Å². The number of hydrogen-bond donors (Lipinski definition) is 1. The molecule has 0 saturated carbocycles. The number of hydrogen-bond acceptors (Lipinski definition) is 4. The van der Waals surface area contributed by atoms with Gasteiger partial charge < -0.3 is 5.32 Å². The van der Waals surface area contributed by atoms with Crippen molar-refractivity contribution in [1.29, 1.82) is 0 Å². The zero-order valence-electron chi connectivity index (χ0n) is 12.6. The van der Waals surface area contributed by atoms with Crippen molar-refractivity contribution in [2.45, 2.75) is 32.2 Å². The summed E-state index contributed by atoms with van der Waals surface area (Å²) in [5.41, 5.74) is 1.24. The van der Waals surface area contributed by atoms with Crippen LogP contribution in [0.25, 0.3) is 0 Å². The lowest BCUT2D eigenvalue weighted by molar-refractivity contribution is 0.552. The van der Waals surface area contributed by atoms with E-state index in [1.165, 1.54) is 5.56 Å². The van der Waals surface area contributed by atoms with Crippen molar-refractivity contribution in [3.8, 4) is 0 Å². The van der Waals surface area contributed by atoms with E-state index < -0.39 is 9.84 Å². The van der Waals surface area contributed by atoms with Crippen LogP contribution in [-0.2, 0) is 16.4 Å². The van der Waals surface area contributed by atoms with Crippen LogP contribution in [0.15, 0.2) is 29.2 Å². The molecule has 0 fully saturated rings. The first-order valence-electron chi connectivity index (χ1n) is 7.06. The van der Waals surface area contributed by atoms with Crippen LogP contribution in [-0.4, -0.2) is 32.2 Å². The van der Waals surface area contributed by atoms with E-state index in [0.717, 1.165) is 18.0 Å². The van der Waals surface area contributed by atoms with Gasteiger partial charge in [-0.3, -0.25) is 0 Å². The highest BCUT2D eigenvalue weighted by Crippen LogP contribution is 2.19. The number of rotatable bonds is 9. The van der Waals surface area contributed by atoms with Gasteiger partial charge in [0.15, 0.2) is 9.84 Å². The highest BCUT2D eigenvalue weighted by Gasteiger charge is 2.07. The van der Waals surface area contributed by atoms with Crippen LogP contribution in [0.4, 0.5) is 0 Å². The molecule has 0 aromatic heterocycles. The number of sulfone groups is 1. The van der Waals surface area contributed by atoms with Crippen LogP contribution >= 0.6 is 11.8 Å². The minimum atomic E-state index is -2.86. The number of nitrogens with one attached hydrogen (secondary N) is 1. The maximum absolute atomic E-state index is 11.4. The largest absolute Gasteiger partial charge is 0.312 e. The molecule has 0 aliphatic heterocycles. The van der Waals surface area contributed by atoms with Crippen LogP contribution in [0.3, 0.4) is 0 Å². The van der Waals surface area contributed by atoms with Crippen LogP contribution in [0.1, 0.15) is 26.3 Å². The molecule has 0 aliphatic carbocycles. The summed E-state index contributed by atoms with van der Waals surface area (Å²) in [7, 11) is -2.86. The smallest absolute Gasteiger partial charge is 0.150 e. The second-order valence-electron chi connectivity index (χ2n) is 5.26. The monoisotopic (exact) mass is 315 g/mol. The Labute approximate surface area is 127 Å². The Balaban J connectivity index is 2.43. The molecular weight excluding hydrogens is 290 g/mol.